The molecule has 5 heteroatoms. The Kier molecular flexibility index (Phi) is 2.97. The Balaban J connectivity index is 2.04. The smallest absolute Gasteiger partial charge is 0.146 e. The quantitative estimate of drug-likeness (QED) is 0.752. The summed E-state index contributed by atoms with van der Waals surface area (Å²) in [7, 11) is 0. The highest BCUT2D eigenvalue weighted by atomic mass is 19.1. The molecule has 1 aliphatic rings. The van der Waals surface area contributed by atoms with Gasteiger partial charge in [0.1, 0.15) is 11.5 Å². The number of alkyl halides is 1. The van der Waals surface area contributed by atoms with Crippen LogP contribution in [0.5, 0.6) is 0 Å². The normalized spacial score (nSPS) is 15.3. The lowest BCUT2D eigenvalue weighted by atomic mass is 9.96. The molecule has 0 aromatic heterocycles. The van der Waals surface area contributed by atoms with Crippen LogP contribution in [0, 0.1) is 5.82 Å². The molecule has 1 heterocycles. The van der Waals surface area contributed by atoms with Crippen molar-refractivity contribution in [2.45, 2.75) is 12.1 Å². The number of benzene rings is 2. The number of hydrogen-bond acceptors (Lipinski definition) is 3. The molecule has 2 aromatic carbocycles. The van der Waals surface area contributed by atoms with Gasteiger partial charge in [-0.2, -0.15) is 0 Å². The van der Waals surface area contributed by atoms with Crippen molar-refractivity contribution in [1.82, 2.24) is 0 Å². The number of nitrogens with two attached hydrogens (primary N) is 1. The van der Waals surface area contributed by atoms with Gasteiger partial charge in [-0.15, -0.1) is 0 Å². The molecule has 20 heavy (non-hydrogen) atoms. The molecule has 0 radical (unpaired) electrons. The van der Waals surface area contributed by atoms with E-state index in [9.17, 15) is 8.78 Å². The first-order chi connectivity index (χ1) is 9.64. The van der Waals surface area contributed by atoms with Gasteiger partial charge in [0.2, 0.25) is 0 Å². The van der Waals surface area contributed by atoms with Crippen LogP contribution in [-0.4, -0.2) is 6.67 Å². The van der Waals surface area contributed by atoms with Crippen molar-refractivity contribution >= 4 is 17.1 Å². The van der Waals surface area contributed by atoms with Crippen LogP contribution in [0.3, 0.4) is 0 Å². The molecule has 0 amide bonds. The maximum Gasteiger partial charge on any atom is 0.146 e. The molecule has 0 bridgehead atoms. The summed E-state index contributed by atoms with van der Waals surface area (Å²) in [5.74, 6) is -0.500. The van der Waals surface area contributed by atoms with E-state index >= 15 is 0 Å². The van der Waals surface area contributed by atoms with Crippen molar-refractivity contribution in [2.24, 2.45) is 0 Å². The van der Waals surface area contributed by atoms with Crippen LogP contribution in [0.1, 0.15) is 12.0 Å². The number of hydrogen-bond donors (Lipinski definition) is 3. The minimum atomic E-state index is -0.840. The first-order valence-electron chi connectivity index (χ1n) is 6.41. The summed E-state index contributed by atoms with van der Waals surface area (Å²) in [5.41, 5.74) is 7.11. The molecule has 0 saturated heterocycles. The number of para-hydroxylation sites is 2. The van der Waals surface area contributed by atoms with E-state index in [1.807, 2.05) is 24.3 Å². The Morgan fingerprint density at radius 3 is 2.25 bits per heavy atom. The molecule has 2 aromatic rings. The zero-order valence-electron chi connectivity index (χ0n) is 10.8. The number of halogens is 2. The molecule has 0 unspecified atom stereocenters. The largest absolute Gasteiger partial charge is 0.396 e. The van der Waals surface area contributed by atoms with E-state index in [0.29, 0.717) is 5.56 Å². The van der Waals surface area contributed by atoms with Gasteiger partial charge in [0, 0.05) is 12.0 Å². The summed E-state index contributed by atoms with van der Waals surface area (Å²) in [4.78, 5) is 0. The average molecular weight is 275 g/mol. The third kappa shape index (κ3) is 1.95. The first kappa shape index (κ1) is 12.7. The van der Waals surface area contributed by atoms with E-state index in [-0.39, 0.29) is 12.1 Å². The van der Waals surface area contributed by atoms with Crippen LogP contribution in [0.4, 0.5) is 25.8 Å². The monoisotopic (exact) mass is 275 g/mol. The third-order valence-corrected chi connectivity index (χ3v) is 3.59. The minimum Gasteiger partial charge on any atom is -0.396 e. The van der Waals surface area contributed by atoms with Gasteiger partial charge >= 0.3 is 0 Å². The summed E-state index contributed by atoms with van der Waals surface area (Å²) < 4.78 is 26.7. The minimum absolute atomic E-state index is 0.0830. The maximum atomic E-state index is 13.7. The molecule has 0 spiro atoms. The molecule has 0 saturated carbocycles. The fourth-order valence-electron chi connectivity index (χ4n) is 2.54. The summed E-state index contributed by atoms with van der Waals surface area (Å²) in [6.07, 6.45) is 0.186. The molecule has 0 fully saturated rings. The standard InChI is InChI=1S/C15H15F2N3/c16-8-7-15(10-5-6-12(18)11(17)9-10)19-13-3-1-2-4-14(13)20-15/h1-6,9,19-20H,7-8,18H2. The maximum absolute atomic E-state index is 13.7. The van der Waals surface area contributed by atoms with E-state index in [2.05, 4.69) is 10.6 Å². The summed E-state index contributed by atoms with van der Waals surface area (Å²) in [6, 6.07) is 12.1. The lowest BCUT2D eigenvalue weighted by Gasteiger charge is -2.31. The fraction of sp³-hybridized carbons (Fsp3) is 0.200. The lowest BCUT2D eigenvalue weighted by Crippen LogP contribution is -2.39. The Morgan fingerprint density at radius 2 is 1.70 bits per heavy atom. The van der Waals surface area contributed by atoms with Gasteiger partial charge in [-0.1, -0.05) is 18.2 Å². The zero-order chi connectivity index (χ0) is 14.2. The molecular weight excluding hydrogens is 260 g/mol. The van der Waals surface area contributed by atoms with Gasteiger partial charge in [-0.25, -0.2) is 4.39 Å². The van der Waals surface area contributed by atoms with Crippen LogP contribution in [0.2, 0.25) is 0 Å². The highest BCUT2D eigenvalue weighted by Crippen LogP contribution is 2.41. The van der Waals surface area contributed by atoms with Crippen molar-refractivity contribution < 1.29 is 8.78 Å². The number of nitrogens with one attached hydrogen (secondary N) is 2. The highest BCUT2D eigenvalue weighted by Gasteiger charge is 2.37. The predicted octanol–water partition coefficient (Wildman–Crippen LogP) is 3.46. The van der Waals surface area contributed by atoms with Crippen molar-refractivity contribution in [3.8, 4) is 0 Å². The Labute approximate surface area is 115 Å². The van der Waals surface area contributed by atoms with Crippen molar-refractivity contribution in [3.63, 3.8) is 0 Å². The highest BCUT2D eigenvalue weighted by molar-refractivity contribution is 5.77. The summed E-state index contributed by atoms with van der Waals surface area (Å²) >= 11 is 0. The van der Waals surface area contributed by atoms with Crippen molar-refractivity contribution in [1.29, 1.82) is 0 Å². The zero-order valence-corrected chi connectivity index (χ0v) is 10.8. The Hall–Kier alpha value is -2.30. The van der Waals surface area contributed by atoms with Crippen LogP contribution >= 0.6 is 0 Å². The third-order valence-electron chi connectivity index (χ3n) is 3.59. The van der Waals surface area contributed by atoms with Gasteiger partial charge in [0.15, 0.2) is 0 Å². The molecule has 3 nitrogen and oxygen atoms in total. The van der Waals surface area contributed by atoms with Gasteiger partial charge < -0.3 is 16.4 Å². The van der Waals surface area contributed by atoms with Crippen LogP contribution in [0.25, 0.3) is 0 Å². The van der Waals surface area contributed by atoms with Gasteiger partial charge in [0.25, 0.3) is 0 Å². The lowest BCUT2D eigenvalue weighted by molar-refractivity contribution is 0.397. The number of nitrogen functional groups attached to an aromatic ring is 1. The summed E-state index contributed by atoms with van der Waals surface area (Å²) in [5, 5.41) is 6.51. The van der Waals surface area contributed by atoms with Gasteiger partial charge in [-0.3, -0.25) is 4.39 Å². The molecule has 0 aliphatic carbocycles. The van der Waals surface area contributed by atoms with E-state index in [4.69, 9.17) is 5.73 Å². The topological polar surface area (TPSA) is 50.1 Å². The molecule has 4 N–H and O–H groups in total. The van der Waals surface area contributed by atoms with E-state index in [0.717, 1.165) is 11.4 Å². The molecule has 1 aliphatic heterocycles. The first-order valence-corrected chi connectivity index (χ1v) is 6.41. The second-order valence-corrected chi connectivity index (χ2v) is 4.88. The SMILES string of the molecule is Nc1ccc(C2(CCF)Nc3ccccc3N2)cc1F. The number of anilines is 3. The van der Waals surface area contributed by atoms with E-state index in [1.54, 1.807) is 6.07 Å². The van der Waals surface area contributed by atoms with Gasteiger partial charge in [-0.05, 0) is 24.3 Å². The van der Waals surface area contributed by atoms with E-state index < -0.39 is 18.2 Å². The number of fused-ring (bicyclic) bond motifs is 1. The number of rotatable bonds is 3. The van der Waals surface area contributed by atoms with Crippen molar-refractivity contribution in [3.05, 3.63) is 53.8 Å². The second kappa shape index (κ2) is 4.67. The van der Waals surface area contributed by atoms with Crippen molar-refractivity contribution in [2.75, 3.05) is 23.0 Å². The van der Waals surface area contributed by atoms with Crippen LogP contribution < -0.4 is 16.4 Å². The summed E-state index contributed by atoms with van der Waals surface area (Å²) in [6.45, 7) is -0.528. The van der Waals surface area contributed by atoms with Crippen LogP contribution in [-0.2, 0) is 5.66 Å². The second-order valence-electron chi connectivity index (χ2n) is 4.88. The fourth-order valence-corrected chi connectivity index (χ4v) is 2.54. The molecule has 3 rings (SSSR count). The average Bonchev–Trinajstić information content (AvgIpc) is 2.81. The Morgan fingerprint density at radius 1 is 1.05 bits per heavy atom. The predicted molar refractivity (Wildman–Crippen MR) is 76.8 cm³/mol. The molecule has 0 atom stereocenters. The Bertz CT molecular complexity index is 618. The molecule has 104 valence electrons. The molecular formula is C15H15F2N3. The van der Waals surface area contributed by atoms with E-state index in [1.165, 1.54) is 12.1 Å². The van der Waals surface area contributed by atoms with Gasteiger partial charge in [0.05, 0.1) is 23.7 Å². The van der Waals surface area contributed by atoms with Crippen LogP contribution in [0.15, 0.2) is 42.5 Å².